The number of benzene rings is 10. The molecule has 3 nitrogen and oxygen atoms in total. The summed E-state index contributed by atoms with van der Waals surface area (Å²) in [5, 5.41) is 9.76. The third-order valence-electron chi connectivity index (χ3n) is 13.6. The van der Waals surface area contributed by atoms with Crippen molar-refractivity contribution in [3.63, 3.8) is 0 Å². The van der Waals surface area contributed by atoms with Crippen LogP contribution >= 0.6 is 0 Å². The fourth-order valence-corrected chi connectivity index (χ4v) is 10.9. The molecule has 13 rings (SSSR count). The van der Waals surface area contributed by atoms with Crippen molar-refractivity contribution in [3.8, 4) is 39.6 Å². The molecule has 2 heterocycles. The van der Waals surface area contributed by atoms with Crippen LogP contribution in [0, 0.1) is 6.92 Å². The maximum Gasteiger partial charge on any atom is 0.162 e. The van der Waals surface area contributed by atoms with Crippen molar-refractivity contribution in [1.29, 1.82) is 0 Å². The van der Waals surface area contributed by atoms with Crippen LogP contribution in [0.1, 0.15) is 27.8 Å². The van der Waals surface area contributed by atoms with Crippen molar-refractivity contribution in [3.05, 3.63) is 246 Å². The highest BCUT2D eigenvalue weighted by molar-refractivity contribution is 6.25. The van der Waals surface area contributed by atoms with Crippen molar-refractivity contribution >= 4 is 54.1 Å². The highest BCUT2D eigenvalue weighted by atomic mass is 15.1. The van der Waals surface area contributed by atoms with Gasteiger partial charge in [-0.1, -0.05) is 200 Å². The minimum Gasteiger partial charge on any atom is -0.293 e. The summed E-state index contributed by atoms with van der Waals surface area (Å²) in [5.41, 5.74) is 13.2. The van der Waals surface area contributed by atoms with E-state index in [1.165, 1.54) is 76.5 Å². The van der Waals surface area contributed by atoms with Gasteiger partial charge in [-0.3, -0.25) is 4.57 Å². The summed E-state index contributed by atoms with van der Waals surface area (Å²) in [6.45, 7) is 2.18. The fourth-order valence-electron chi connectivity index (χ4n) is 10.9. The zero-order valence-corrected chi connectivity index (χ0v) is 34.6. The Morgan fingerprint density at radius 2 is 0.873 bits per heavy atom. The standard InChI is InChI=1S/C60H39N3/c1-38-57(39-18-4-2-5-19-39)61-58(40-32-34-47-45-24-9-8-22-43(45)44-23-10-11-25-46(44)52(47)36-40)62-59(38)63-55-31-17-14-28-50(55)51-35-33-42(37-56(51)63)60(41-20-6-3-7-21-41)53-29-15-12-26-48(53)49-27-13-16-30-54(49)60/h2-37H,1H3. The van der Waals surface area contributed by atoms with Crippen molar-refractivity contribution in [2.45, 2.75) is 12.3 Å². The average molecular weight is 802 g/mol. The summed E-state index contributed by atoms with van der Waals surface area (Å²) < 4.78 is 2.40. The van der Waals surface area contributed by atoms with E-state index in [1.54, 1.807) is 0 Å². The molecule has 294 valence electrons. The van der Waals surface area contributed by atoms with E-state index in [9.17, 15) is 0 Å². The summed E-state index contributed by atoms with van der Waals surface area (Å²) in [4.78, 5) is 11.1. The molecule has 2 aromatic heterocycles. The molecule has 0 saturated heterocycles. The Morgan fingerprint density at radius 1 is 0.365 bits per heavy atom. The van der Waals surface area contributed by atoms with E-state index in [-0.39, 0.29) is 0 Å². The molecular weight excluding hydrogens is 763 g/mol. The number of hydrogen-bond donors (Lipinski definition) is 0. The highest BCUT2D eigenvalue weighted by Gasteiger charge is 2.46. The topological polar surface area (TPSA) is 30.7 Å². The Balaban J connectivity index is 1.12. The lowest BCUT2D eigenvalue weighted by atomic mass is 9.67. The fraction of sp³-hybridized carbons (Fsp3) is 0.0333. The van der Waals surface area contributed by atoms with Gasteiger partial charge in [-0.15, -0.1) is 0 Å². The third-order valence-corrected chi connectivity index (χ3v) is 13.6. The van der Waals surface area contributed by atoms with Crippen molar-refractivity contribution in [2.75, 3.05) is 0 Å². The molecule has 0 atom stereocenters. The lowest BCUT2D eigenvalue weighted by Crippen LogP contribution is -2.28. The second kappa shape index (κ2) is 13.7. The largest absolute Gasteiger partial charge is 0.293 e. The Bertz CT molecular complexity index is 3730. The monoisotopic (exact) mass is 801 g/mol. The van der Waals surface area contributed by atoms with E-state index in [1.807, 2.05) is 0 Å². The van der Waals surface area contributed by atoms with E-state index in [0.29, 0.717) is 5.82 Å². The highest BCUT2D eigenvalue weighted by Crippen LogP contribution is 2.56. The molecule has 0 fully saturated rings. The number of nitrogens with zero attached hydrogens (tertiary/aromatic N) is 3. The minimum atomic E-state index is -0.539. The van der Waals surface area contributed by atoms with Crippen LogP contribution in [0.3, 0.4) is 0 Å². The van der Waals surface area contributed by atoms with Crippen molar-refractivity contribution < 1.29 is 0 Å². The quantitative estimate of drug-likeness (QED) is 0.162. The Labute approximate surface area is 365 Å². The van der Waals surface area contributed by atoms with Crippen LogP contribution in [0.4, 0.5) is 0 Å². The molecule has 1 aliphatic carbocycles. The van der Waals surface area contributed by atoms with E-state index >= 15 is 0 Å². The van der Waals surface area contributed by atoms with Gasteiger partial charge in [0.15, 0.2) is 5.82 Å². The van der Waals surface area contributed by atoms with Gasteiger partial charge in [0, 0.05) is 27.5 Å². The van der Waals surface area contributed by atoms with Crippen LogP contribution in [-0.4, -0.2) is 14.5 Å². The third kappa shape index (κ3) is 5.08. The van der Waals surface area contributed by atoms with Crippen LogP contribution in [0.25, 0.3) is 93.7 Å². The first-order chi connectivity index (χ1) is 31.2. The lowest BCUT2D eigenvalue weighted by molar-refractivity contribution is 0.769. The summed E-state index contributed by atoms with van der Waals surface area (Å²) in [5.74, 6) is 1.56. The minimum absolute atomic E-state index is 0.539. The molecule has 63 heavy (non-hydrogen) atoms. The normalized spacial score (nSPS) is 13.0. The zero-order chi connectivity index (χ0) is 41.6. The van der Waals surface area contributed by atoms with Gasteiger partial charge in [-0.25, -0.2) is 9.97 Å². The molecule has 3 heteroatoms. The molecule has 1 aliphatic rings. The van der Waals surface area contributed by atoms with Gasteiger partial charge >= 0.3 is 0 Å². The Kier molecular flexibility index (Phi) is 7.73. The predicted octanol–water partition coefficient (Wildman–Crippen LogP) is 15.0. The Morgan fingerprint density at radius 3 is 1.54 bits per heavy atom. The van der Waals surface area contributed by atoms with Gasteiger partial charge in [0.2, 0.25) is 0 Å². The molecule has 0 N–H and O–H groups in total. The lowest BCUT2D eigenvalue weighted by Gasteiger charge is -2.34. The molecule has 0 amide bonds. The van der Waals surface area contributed by atoms with Gasteiger partial charge in [0.05, 0.1) is 22.1 Å². The number of aromatic nitrogens is 3. The molecule has 0 spiro atoms. The average Bonchev–Trinajstić information content (AvgIpc) is 3.85. The number of fused-ring (bicyclic) bond motifs is 12. The second-order valence-corrected chi connectivity index (χ2v) is 16.9. The molecule has 0 unspecified atom stereocenters. The van der Waals surface area contributed by atoms with E-state index in [0.717, 1.165) is 39.2 Å². The first kappa shape index (κ1) is 35.6. The van der Waals surface area contributed by atoms with Gasteiger partial charge in [0.25, 0.3) is 0 Å². The van der Waals surface area contributed by atoms with Crippen LogP contribution in [-0.2, 0) is 5.41 Å². The van der Waals surface area contributed by atoms with Gasteiger partial charge in [0.1, 0.15) is 5.82 Å². The van der Waals surface area contributed by atoms with Crippen LogP contribution < -0.4 is 0 Å². The molecule has 0 saturated carbocycles. The first-order valence-electron chi connectivity index (χ1n) is 21.7. The maximum atomic E-state index is 5.65. The van der Waals surface area contributed by atoms with Gasteiger partial charge in [-0.2, -0.15) is 0 Å². The van der Waals surface area contributed by atoms with E-state index in [2.05, 4.69) is 230 Å². The zero-order valence-electron chi connectivity index (χ0n) is 34.6. The molecule has 10 aromatic carbocycles. The van der Waals surface area contributed by atoms with Crippen LogP contribution in [0.15, 0.2) is 218 Å². The molecule has 0 radical (unpaired) electrons. The Hall–Kier alpha value is -8.14. The predicted molar refractivity (Wildman–Crippen MR) is 262 cm³/mol. The van der Waals surface area contributed by atoms with Crippen molar-refractivity contribution in [1.82, 2.24) is 14.5 Å². The van der Waals surface area contributed by atoms with Crippen LogP contribution in [0.5, 0.6) is 0 Å². The molecule has 0 aliphatic heterocycles. The molecule has 12 aromatic rings. The number of rotatable bonds is 5. The summed E-state index contributed by atoms with van der Waals surface area (Å²) in [6.07, 6.45) is 0. The van der Waals surface area contributed by atoms with Gasteiger partial charge < -0.3 is 0 Å². The summed E-state index contributed by atoms with van der Waals surface area (Å²) in [7, 11) is 0. The van der Waals surface area contributed by atoms with Crippen LogP contribution in [0.2, 0.25) is 0 Å². The maximum absolute atomic E-state index is 5.65. The summed E-state index contributed by atoms with van der Waals surface area (Å²) >= 11 is 0. The van der Waals surface area contributed by atoms with Crippen molar-refractivity contribution in [2.24, 2.45) is 0 Å². The number of hydrogen-bond acceptors (Lipinski definition) is 2. The SMILES string of the molecule is Cc1c(-c2ccccc2)nc(-c2ccc3c4ccccc4c4ccccc4c3c2)nc1-n1c2ccccc2c2ccc(C3(c4ccccc4)c4ccccc4-c4ccccc43)cc21. The second-order valence-electron chi connectivity index (χ2n) is 16.9. The summed E-state index contributed by atoms with van der Waals surface area (Å²) in [6, 6.07) is 79.7. The molecular formula is C60H39N3. The van der Waals surface area contributed by atoms with E-state index < -0.39 is 5.41 Å². The first-order valence-corrected chi connectivity index (χ1v) is 21.7. The smallest absolute Gasteiger partial charge is 0.162 e. The van der Waals surface area contributed by atoms with Gasteiger partial charge in [-0.05, 0) is 90.8 Å². The molecule has 0 bridgehead atoms. The number of para-hydroxylation sites is 1. The van der Waals surface area contributed by atoms with E-state index in [4.69, 9.17) is 9.97 Å².